The van der Waals surface area contributed by atoms with Gasteiger partial charge in [-0.25, -0.2) is 9.97 Å². The normalized spacial score (nSPS) is 11.9. The lowest BCUT2D eigenvalue weighted by molar-refractivity contribution is 0.101. The number of hydrogen-bond donors (Lipinski definition) is 1. The van der Waals surface area contributed by atoms with E-state index in [1.807, 2.05) is 38.1 Å². The van der Waals surface area contributed by atoms with Crippen molar-refractivity contribution in [1.82, 2.24) is 9.97 Å². The van der Waals surface area contributed by atoms with Gasteiger partial charge in [0.2, 0.25) is 0 Å². The summed E-state index contributed by atoms with van der Waals surface area (Å²) in [6.07, 6.45) is -0.611. The number of hydrogen-bond acceptors (Lipinski definition) is 4. The van der Waals surface area contributed by atoms with Gasteiger partial charge >= 0.3 is 0 Å². The molecule has 8 heteroatoms. The van der Waals surface area contributed by atoms with Crippen LogP contribution in [0, 0.1) is 13.8 Å². The van der Waals surface area contributed by atoms with E-state index in [0.717, 1.165) is 41.9 Å². The van der Waals surface area contributed by atoms with Crippen molar-refractivity contribution < 1.29 is 9.90 Å². The highest BCUT2D eigenvalue weighted by molar-refractivity contribution is 9.10. The number of halogens is 4. The van der Waals surface area contributed by atoms with Gasteiger partial charge in [0, 0.05) is 26.6 Å². The molecule has 2 aromatic heterocycles. The molecule has 0 radical (unpaired) electrons. The highest BCUT2D eigenvalue weighted by atomic mass is 79.9. The van der Waals surface area contributed by atoms with E-state index in [1.165, 1.54) is 6.92 Å². The number of rotatable bonds is 2. The van der Waals surface area contributed by atoms with Gasteiger partial charge in [-0.05, 0) is 56.2 Å². The number of carbonyl (C=O) groups excluding carboxylic acids is 1. The zero-order chi connectivity index (χ0) is 23.7. The maximum absolute atomic E-state index is 11.3. The predicted molar refractivity (Wildman–Crippen MR) is 139 cm³/mol. The Hall–Kier alpha value is -1.57. The molecule has 4 nitrogen and oxygen atoms in total. The molecule has 0 unspecified atom stereocenters. The molecule has 1 N–H and O–H groups in total. The second-order valence-corrected chi connectivity index (χ2v) is 9.91. The summed E-state index contributed by atoms with van der Waals surface area (Å²) in [6.45, 7) is 7.08. The smallest absolute Gasteiger partial charge is 0.178 e. The van der Waals surface area contributed by atoms with Crippen LogP contribution in [0.4, 0.5) is 0 Å². The number of Topliss-reactive ketones (excluding diaryl/α,β-unsaturated/α-hetero) is 1. The zero-order valence-electron chi connectivity index (χ0n) is 17.8. The lowest BCUT2D eigenvalue weighted by Gasteiger charge is -2.10. The molecule has 0 saturated carbocycles. The maximum atomic E-state index is 11.3. The second-order valence-electron chi connectivity index (χ2n) is 7.39. The van der Waals surface area contributed by atoms with Crippen LogP contribution < -0.4 is 0 Å². The fraction of sp³-hybridized carbons (Fsp3) is 0.208. The number of aliphatic hydroxyl groups is 1. The van der Waals surface area contributed by atoms with E-state index in [0.29, 0.717) is 21.4 Å². The third-order valence-corrected chi connectivity index (χ3v) is 7.39. The molecular weight excluding hydrogens is 579 g/mol. The van der Waals surface area contributed by atoms with Crippen LogP contribution in [-0.4, -0.2) is 20.9 Å². The van der Waals surface area contributed by atoms with Gasteiger partial charge < -0.3 is 5.11 Å². The lowest BCUT2D eigenvalue weighted by atomic mass is 10.1. The number of benzene rings is 2. The Bertz CT molecular complexity index is 1360. The molecule has 2 aromatic carbocycles. The fourth-order valence-corrected chi connectivity index (χ4v) is 4.30. The van der Waals surface area contributed by atoms with Gasteiger partial charge in [0.25, 0.3) is 0 Å². The molecular formula is C24H20Br2Cl2N2O2. The number of aromatic nitrogens is 2. The number of pyridine rings is 2. The van der Waals surface area contributed by atoms with Crippen LogP contribution >= 0.6 is 55.1 Å². The molecule has 0 bridgehead atoms. The minimum Gasteiger partial charge on any atom is -0.387 e. The molecule has 0 fully saturated rings. The number of nitrogens with zero attached hydrogens (tertiary/aromatic N) is 2. The Morgan fingerprint density at radius 2 is 1.38 bits per heavy atom. The van der Waals surface area contributed by atoms with Crippen LogP contribution in [0.2, 0.25) is 10.0 Å². The molecule has 4 rings (SSSR count). The van der Waals surface area contributed by atoms with Crippen molar-refractivity contribution in [3.63, 3.8) is 0 Å². The van der Waals surface area contributed by atoms with E-state index < -0.39 is 6.10 Å². The summed E-state index contributed by atoms with van der Waals surface area (Å²) >= 11 is 19.2. The molecule has 0 aliphatic rings. The lowest BCUT2D eigenvalue weighted by Crippen LogP contribution is -1.98. The summed E-state index contributed by atoms with van der Waals surface area (Å²) in [5.74, 6) is -0.0804. The molecule has 0 aliphatic carbocycles. The first-order chi connectivity index (χ1) is 15.0. The SMILES string of the molecule is CC(=O)c1cc(Cl)c2ccc(Br)c(C)c2n1.Cc1c(Br)ccc2c(Cl)cc([C@@H](C)O)nc12. The van der Waals surface area contributed by atoms with Crippen molar-refractivity contribution >= 4 is 82.7 Å². The quantitative estimate of drug-likeness (QED) is 0.236. The highest BCUT2D eigenvalue weighted by Gasteiger charge is 2.12. The van der Waals surface area contributed by atoms with E-state index in [4.69, 9.17) is 23.2 Å². The average Bonchev–Trinajstić information content (AvgIpc) is 2.74. The van der Waals surface area contributed by atoms with Crippen LogP contribution in [0.15, 0.2) is 45.3 Å². The summed E-state index contributed by atoms with van der Waals surface area (Å²) in [4.78, 5) is 20.1. The van der Waals surface area contributed by atoms with E-state index in [2.05, 4.69) is 41.8 Å². The topological polar surface area (TPSA) is 63.1 Å². The monoisotopic (exact) mass is 596 g/mol. The summed E-state index contributed by atoms with van der Waals surface area (Å²) in [6, 6.07) is 11.0. The van der Waals surface area contributed by atoms with Crippen LogP contribution in [0.3, 0.4) is 0 Å². The Labute approximate surface area is 213 Å². The van der Waals surface area contributed by atoms with E-state index in [-0.39, 0.29) is 5.78 Å². The summed E-state index contributed by atoms with van der Waals surface area (Å²) < 4.78 is 1.95. The highest BCUT2D eigenvalue weighted by Crippen LogP contribution is 2.31. The van der Waals surface area contributed by atoms with Gasteiger partial charge in [-0.3, -0.25) is 4.79 Å². The molecule has 2 heterocycles. The number of carbonyl (C=O) groups is 1. The average molecular weight is 599 g/mol. The third-order valence-electron chi connectivity index (χ3n) is 5.04. The molecule has 0 aliphatic heterocycles. The first-order valence-corrected chi connectivity index (χ1v) is 12.0. The third kappa shape index (κ3) is 5.15. The number of aryl methyl sites for hydroxylation is 2. The van der Waals surface area contributed by atoms with Crippen molar-refractivity contribution in [1.29, 1.82) is 0 Å². The Morgan fingerprint density at radius 3 is 1.84 bits per heavy atom. The van der Waals surface area contributed by atoms with Crippen molar-refractivity contribution in [2.75, 3.05) is 0 Å². The molecule has 0 amide bonds. The van der Waals surface area contributed by atoms with E-state index in [1.54, 1.807) is 19.1 Å². The maximum Gasteiger partial charge on any atom is 0.178 e. The van der Waals surface area contributed by atoms with Gasteiger partial charge in [0.05, 0.1) is 32.9 Å². The molecule has 4 aromatic rings. The zero-order valence-corrected chi connectivity index (χ0v) is 22.5. The summed E-state index contributed by atoms with van der Waals surface area (Å²) in [5, 5.41) is 12.5. The Kier molecular flexibility index (Phi) is 7.94. The Morgan fingerprint density at radius 1 is 0.906 bits per heavy atom. The van der Waals surface area contributed by atoms with Crippen molar-refractivity contribution in [2.24, 2.45) is 0 Å². The number of aliphatic hydroxyl groups excluding tert-OH is 1. The molecule has 0 spiro atoms. The standard InChI is InChI=1S/C12H11BrClNO.C12H9BrClNO/c2*1-6-9(13)4-3-8-10(14)5-11(7(2)16)15-12(6)8/h3-5,7,16H,1-2H3;3-5H,1-2H3/t7-;/m1./s1. The van der Waals surface area contributed by atoms with Crippen molar-refractivity contribution in [2.45, 2.75) is 33.8 Å². The largest absolute Gasteiger partial charge is 0.387 e. The van der Waals surface area contributed by atoms with Gasteiger partial charge in [-0.15, -0.1) is 0 Å². The molecule has 32 heavy (non-hydrogen) atoms. The van der Waals surface area contributed by atoms with E-state index in [9.17, 15) is 9.90 Å². The van der Waals surface area contributed by atoms with Gasteiger partial charge in [-0.1, -0.05) is 67.2 Å². The molecule has 0 saturated heterocycles. The van der Waals surface area contributed by atoms with Crippen LogP contribution in [0.5, 0.6) is 0 Å². The summed E-state index contributed by atoms with van der Waals surface area (Å²) in [7, 11) is 0. The molecule has 1 atom stereocenters. The van der Waals surface area contributed by atoms with Crippen LogP contribution in [0.1, 0.15) is 47.3 Å². The predicted octanol–water partition coefficient (Wildman–Crippen LogP) is 8.17. The van der Waals surface area contributed by atoms with Crippen molar-refractivity contribution in [3.8, 4) is 0 Å². The van der Waals surface area contributed by atoms with Gasteiger partial charge in [0.15, 0.2) is 5.78 Å². The summed E-state index contributed by atoms with van der Waals surface area (Å²) in [5.41, 5.74) is 4.62. The minimum atomic E-state index is -0.611. The van der Waals surface area contributed by atoms with Crippen molar-refractivity contribution in [3.05, 3.63) is 77.9 Å². The minimum absolute atomic E-state index is 0.0804. The van der Waals surface area contributed by atoms with Gasteiger partial charge in [0.1, 0.15) is 5.69 Å². The first kappa shape index (κ1) is 25.1. The molecule has 166 valence electrons. The number of ketones is 1. The Balaban J connectivity index is 0.000000181. The van der Waals surface area contributed by atoms with Gasteiger partial charge in [-0.2, -0.15) is 0 Å². The van der Waals surface area contributed by atoms with Crippen LogP contribution in [0.25, 0.3) is 21.8 Å². The first-order valence-electron chi connectivity index (χ1n) is 9.70. The van der Waals surface area contributed by atoms with E-state index >= 15 is 0 Å². The second kappa shape index (κ2) is 10.1. The van der Waals surface area contributed by atoms with Crippen LogP contribution in [-0.2, 0) is 0 Å². The fourth-order valence-electron chi connectivity index (χ4n) is 3.14. The number of fused-ring (bicyclic) bond motifs is 2.